The molecule has 31 heavy (non-hydrogen) atoms. The van der Waals surface area contributed by atoms with Crippen molar-refractivity contribution in [2.75, 3.05) is 43.2 Å². The van der Waals surface area contributed by atoms with E-state index in [9.17, 15) is 4.79 Å². The summed E-state index contributed by atoms with van der Waals surface area (Å²) in [7, 11) is 0. The van der Waals surface area contributed by atoms with E-state index in [1.807, 2.05) is 17.9 Å². The van der Waals surface area contributed by atoms with Crippen molar-refractivity contribution in [3.8, 4) is 11.5 Å². The summed E-state index contributed by atoms with van der Waals surface area (Å²) >= 11 is 0. The molecule has 1 N–H and O–H groups in total. The summed E-state index contributed by atoms with van der Waals surface area (Å²) in [6, 6.07) is 7.88. The Morgan fingerprint density at radius 2 is 1.77 bits per heavy atom. The van der Waals surface area contributed by atoms with Crippen LogP contribution in [0.5, 0.6) is 11.5 Å². The second-order valence-corrected chi connectivity index (χ2v) is 8.52. The van der Waals surface area contributed by atoms with E-state index in [2.05, 4.69) is 15.2 Å². The molecular weight excluding hydrogens is 394 g/mol. The van der Waals surface area contributed by atoms with Crippen LogP contribution in [-0.2, 0) is 0 Å². The molecule has 2 aliphatic heterocycles. The quantitative estimate of drug-likeness (QED) is 0.809. The lowest BCUT2D eigenvalue weighted by molar-refractivity contribution is 0.0746. The molecule has 2 fully saturated rings. The number of nitrogens with zero attached hydrogens (tertiary/aromatic N) is 4. The standard InChI is InChI=1S/C23H29N5O3/c1-16-13-21(26-23(24-16)25-18-5-3-2-4-6-18)27-9-11-28(12-10-27)22(29)17-7-8-19-20(14-17)31-15-30-19/h7-8,13-14,18H,2-6,9-12,15H2,1H3,(H,24,25,26). The van der Waals surface area contributed by atoms with Gasteiger partial charge in [-0.15, -0.1) is 0 Å². The largest absolute Gasteiger partial charge is 0.454 e. The van der Waals surface area contributed by atoms with Crippen LogP contribution in [0.25, 0.3) is 0 Å². The topological polar surface area (TPSA) is 79.8 Å². The molecule has 1 amide bonds. The van der Waals surface area contributed by atoms with Gasteiger partial charge in [-0.3, -0.25) is 4.79 Å². The molecule has 8 heteroatoms. The minimum Gasteiger partial charge on any atom is -0.454 e. The summed E-state index contributed by atoms with van der Waals surface area (Å²) in [5.41, 5.74) is 1.59. The molecule has 1 aromatic carbocycles. The Balaban J connectivity index is 1.22. The van der Waals surface area contributed by atoms with Crippen LogP contribution in [0.15, 0.2) is 24.3 Å². The molecule has 8 nitrogen and oxygen atoms in total. The third-order valence-electron chi connectivity index (χ3n) is 6.29. The summed E-state index contributed by atoms with van der Waals surface area (Å²) in [6.07, 6.45) is 6.25. The summed E-state index contributed by atoms with van der Waals surface area (Å²) < 4.78 is 10.7. The summed E-state index contributed by atoms with van der Waals surface area (Å²) in [4.78, 5) is 26.5. The van der Waals surface area contributed by atoms with Crippen LogP contribution >= 0.6 is 0 Å². The number of carbonyl (C=O) groups is 1. The number of carbonyl (C=O) groups excluding carboxylic acids is 1. The van der Waals surface area contributed by atoms with Gasteiger partial charge >= 0.3 is 0 Å². The van der Waals surface area contributed by atoms with E-state index in [1.54, 1.807) is 18.2 Å². The smallest absolute Gasteiger partial charge is 0.254 e. The molecule has 0 bridgehead atoms. The highest BCUT2D eigenvalue weighted by molar-refractivity contribution is 5.95. The molecule has 5 rings (SSSR count). The van der Waals surface area contributed by atoms with Gasteiger partial charge in [0.05, 0.1) is 0 Å². The Morgan fingerprint density at radius 1 is 1.00 bits per heavy atom. The summed E-state index contributed by atoms with van der Waals surface area (Å²) in [5.74, 6) is 3.01. The first-order chi connectivity index (χ1) is 15.2. The average Bonchev–Trinajstić information content (AvgIpc) is 3.27. The second kappa shape index (κ2) is 8.61. The molecule has 0 atom stereocenters. The van der Waals surface area contributed by atoms with Gasteiger partial charge in [0.25, 0.3) is 5.91 Å². The first kappa shape index (κ1) is 19.9. The molecule has 0 radical (unpaired) electrons. The number of amides is 1. The maximum absolute atomic E-state index is 12.9. The molecule has 1 aliphatic carbocycles. The Morgan fingerprint density at radius 3 is 2.58 bits per heavy atom. The van der Waals surface area contributed by atoms with Gasteiger partial charge in [-0.1, -0.05) is 19.3 Å². The molecule has 2 aromatic rings. The summed E-state index contributed by atoms with van der Waals surface area (Å²) in [5, 5.41) is 3.53. The van der Waals surface area contributed by atoms with Crippen molar-refractivity contribution in [1.82, 2.24) is 14.9 Å². The number of fused-ring (bicyclic) bond motifs is 1. The molecule has 1 saturated heterocycles. The van der Waals surface area contributed by atoms with Crippen LogP contribution < -0.4 is 19.7 Å². The zero-order valence-corrected chi connectivity index (χ0v) is 18.0. The van der Waals surface area contributed by atoms with E-state index in [4.69, 9.17) is 14.5 Å². The van der Waals surface area contributed by atoms with E-state index in [0.29, 0.717) is 36.2 Å². The lowest BCUT2D eigenvalue weighted by atomic mass is 9.96. The molecular formula is C23H29N5O3. The molecule has 164 valence electrons. The van der Waals surface area contributed by atoms with Crippen molar-refractivity contribution < 1.29 is 14.3 Å². The average molecular weight is 424 g/mol. The van der Waals surface area contributed by atoms with E-state index < -0.39 is 0 Å². The van der Waals surface area contributed by atoms with Crippen LogP contribution in [0.1, 0.15) is 48.2 Å². The number of aromatic nitrogens is 2. The first-order valence-electron chi connectivity index (χ1n) is 11.2. The number of benzene rings is 1. The third-order valence-corrected chi connectivity index (χ3v) is 6.29. The molecule has 3 aliphatic rings. The molecule has 1 saturated carbocycles. The lowest BCUT2D eigenvalue weighted by Crippen LogP contribution is -2.49. The van der Waals surface area contributed by atoms with Crippen molar-refractivity contribution >= 4 is 17.7 Å². The van der Waals surface area contributed by atoms with Crippen LogP contribution in [0, 0.1) is 6.92 Å². The number of anilines is 2. The van der Waals surface area contributed by atoms with Crippen LogP contribution in [-0.4, -0.2) is 59.8 Å². The van der Waals surface area contributed by atoms with Crippen LogP contribution in [0.4, 0.5) is 11.8 Å². The maximum Gasteiger partial charge on any atom is 0.254 e. The van der Waals surface area contributed by atoms with Crippen LogP contribution in [0.3, 0.4) is 0 Å². The second-order valence-electron chi connectivity index (χ2n) is 8.52. The van der Waals surface area contributed by atoms with Crippen molar-refractivity contribution in [3.63, 3.8) is 0 Å². The van der Waals surface area contributed by atoms with E-state index in [-0.39, 0.29) is 12.7 Å². The zero-order valence-electron chi connectivity index (χ0n) is 18.0. The number of rotatable bonds is 4. The van der Waals surface area contributed by atoms with Crippen molar-refractivity contribution in [2.45, 2.75) is 45.1 Å². The number of hydrogen-bond donors (Lipinski definition) is 1. The molecule has 0 unspecified atom stereocenters. The van der Waals surface area contributed by atoms with Gasteiger partial charge in [0.1, 0.15) is 5.82 Å². The van der Waals surface area contributed by atoms with Gasteiger partial charge in [-0.2, -0.15) is 4.98 Å². The Kier molecular flexibility index (Phi) is 5.53. The SMILES string of the molecule is Cc1cc(N2CCN(C(=O)c3ccc4c(c3)OCO4)CC2)nc(NC2CCCCC2)n1. The van der Waals surface area contributed by atoms with Crippen molar-refractivity contribution in [1.29, 1.82) is 0 Å². The van der Waals surface area contributed by atoms with Crippen molar-refractivity contribution in [3.05, 3.63) is 35.5 Å². The molecule has 3 heterocycles. The predicted molar refractivity (Wildman–Crippen MR) is 118 cm³/mol. The monoisotopic (exact) mass is 423 g/mol. The minimum atomic E-state index is 0.0245. The Hall–Kier alpha value is -3.03. The van der Waals surface area contributed by atoms with Gasteiger partial charge in [0.15, 0.2) is 11.5 Å². The fourth-order valence-electron chi connectivity index (χ4n) is 4.56. The van der Waals surface area contributed by atoms with Gasteiger partial charge in [-0.05, 0) is 38.0 Å². The highest BCUT2D eigenvalue weighted by Gasteiger charge is 2.25. The normalized spacial score (nSPS) is 18.9. The highest BCUT2D eigenvalue weighted by atomic mass is 16.7. The number of nitrogens with one attached hydrogen (secondary N) is 1. The molecule has 1 aromatic heterocycles. The van der Waals surface area contributed by atoms with Crippen LogP contribution in [0.2, 0.25) is 0 Å². The van der Waals surface area contributed by atoms with Gasteiger partial charge in [0.2, 0.25) is 12.7 Å². The Bertz CT molecular complexity index is 952. The predicted octanol–water partition coefficient (Wildman–Crippen LogP) is 3.22. The van der Waals surface area contributed by atoms with E-state index >= 15 is 0 Å². The third kappa shape index (κ3) is 4.38. The first-order valence-corrected chi connectivity index (χ1v) is 11.2. The fraction of sp³-hybridized carbons (Fsp3) is 0.522. The molecule has 0 spiro atoms. The number of ether oxygens (including phenoxy) is 2. The highest BCUT2D eigenvalue weighted by Crippen LogP contribution is 2.33. The Labute approximate surface area is 182 Å². The number of aryl methyl sites for hydroxylation is 1. The van der Waals surface area contributed by atoms with E-state index in [1.165, 1.54) is 32.1 Å². The van der Waals surface area contributed by atoms with Crippen molar-refractivity contribution in [2.24, 2.45) is 0 Å². The number of piperazine rings is 1. The van der Waals surface area contributed by atoms with Gasteiger partial charge in [0, 0.05) is 49.5 Å². The lowest BCUT2D eigenvalue weighted by Gasteiger charge is -2.35. The number of hydrogen-bond acceptors (Lipinski definition) is 7. The van der Waals surface area contributed by atoms with E-state index in [0.717, 1.165) is 30.5 Å². The maximum atomic E-state index is 12.9. The van der Waals surface area contributed by atoms with Gasteiger partial charge < -0.3 is 24.6 Å². The van der Waals surface area contributed by atoms with Gasteiger partial charge in [-0.25, -0.2) is 4.98 Å². The minimum absolute atomic E-state index is 0.0245. The fourth-order valence-corrected chi connectivity index (χ4v) is 4.56. The zero-order chi connectivity index (χ0) is 21.2. The summed E-state index contributed by atoms with van der Waals surface area (Å²) in [6.45, 7) is 5.02.